The molecule has 0 spiro atoms. The lowest BCUT2D eigenvalue weighted by atomic mass is 10.1. The van der Waals surface area contributed by atoms with Crippen molar-refractivity contribution in [2.75, 3.05) is 13.2 Å². The number of sulfone groups is 1. The molecule has 1 N–H and O–H groups in total. The molecule has 2 amide bonds. The van der Waals surface area contributed by atoms with E-state index in [9.17, 15) is 13.2 Å². The van der Waals surface area contributed by atoms with Gasteiger partial charge < -0.3 is 19.5 Å². The van der Waals surface area contributed by atoms with Crippen molar-refractivity contribution in [3.05, 3.63) is 47.3 Å². The second kappa shape index (κ2) is 11.1. The molecule has 9 heteroatoms. The van der Waals surface area contributed by atoms with E-state index in [1.807, 2.05) is 65.8 Å². The summed E-state index contributed by atoms with van der Waals surface area (Å²) in [5.41, 5.74) is 1.99. The number of hydrogen-bond acceptors (Lipinski definition) is 5. The number of carbonyl (C=O) groups excluding carboxylic acids is 1. The summed E-state index contributed by atoms with van der Waals surface area (Å²) in [5.74, 6) is 0.0867. The Hall–Kier alpha value is -2.39. The molecule has 194 valence electrons. The first kappa shape index (κ1) is 27.2. The van der Waals surface area contributed by atoms with Crippen LogP contribution in [-0.4, -0.2) is 53.7 Å². The number of aromatic nitrogens is 2. The summed E-state index contributed by atoms with van der Waals surface area (Å²) in [4.78, 5) is 19.3. The van der Waals surface area contributed by atoms with Crippen molar-refractivity contribution < 1.29 is 17.9 Å². The summed E-state index contributed by atoms with van der Waals surface area (Å²) < 4.78 is 34.5. The second-order valence-corrected chi connectivity index (χ2v) is 12.8. The number of carbonyl (C=O) groups is 1. The Morgan fingerprint density at radius 3 is 2.60 bits per heavy atom. The van der Waals surface area contributed by atoms with E-state index in [4.69, 9.17) is 4.74 Å². The number of amides is 2. The number of benzene rings is 1. The molecular formula is C26H40N4O4S. The maximum absolute atomic E-state index is 13.5. The Morgan fingerprint density at radius 2 is 2.00 bits per heavy atom. The van der Waals surface area contributed by atoms with E-state index in [0.29, 0.717) is 25.4 Å². The van der Waals surface area contributed by atoms with Gasteiger partial charge in [-0.05, 0) is 57.6 Å². The molecule has 1 aromatic heterocycles. The summed E-state index contributed by atoms with van der Waals surface area (Å²) in [6.07, 6.45) is 3.46. The zero-order chi connectivity index (χ0) is 25.8. The molecule has 3 rings (SSSR count). The van der Waals surface area contributed by atoms with Crippen molar-refractivity contribution in [3.8, 4) is 0 Å². The van der Waals surface area contributed by atoms with E-state index in [1.54, 1.807) is 15.7 Å². The number of rotatable bonds is 9. The number of nitrogens with one attached hydrogen (secondary N) is 1. The minimum atomic E-state index is -3.69. The first-order valence-corrected chi connectivity index (χ1v) is 14.0. The van der Waals surface area contributed by atoms with Crippen LogP contribution in [0.1, 0.15) is 64.3 Å². The summed E-state index contributed by atoms with van der Waals surface area (Å²) in [7, 11) is -3.69. The lowest BCUT2D eigenvalue weighted by molar-refractivity contribution is 0.0774. The van der Waals surface area contributed by atoms with Gasteiger partial charge in [0.05, 0.1) is 30.3 Å². The molecule has 8 nitrogen and oxygen atoms in total. The SMILES string of the molecule is Cc1ccccc1CS(=O)(=O)c1ncc(CN(C[C@@H]2CCCO2)C(=O)NC(C)(C)C)n1CC(C)C. The van der Waals surface area contributed by atoms with Gasteiger partial charge in [-0.15, -0.1) is 0 Å². The number of imidazole rings is 1. The maximum atomic E-state index is 13.5. The second-order valence-electron chi connectivity index (χ2n) is 10.9. The molecule has 1 aromatic carbocycles. The number of urea groups is 1. The van der Waals surface area contributed by atoms with Gasteiger partial charge in [0.25, 0.3) is 0 Å². The fourth-order valence-electron chi connectivity index (χ4n) is 4.22. The predicted octanol–water partition coefficient (Wildman–Crippen LogP) is 4.31. The van der Waals surface area contributed by atoms with Gasteiger partial charge in [-0.3, -0.25) is 0 Å². The highest BCUT2D eigenvalue weighted by atomic mass is 32.2. The average molecular weight is 505 g/mol. The zero-order valence-corrected chi connectivity index (χ0v) is 22.7. The molecule has 0 radical (unpaired) electrons. The Kier molecular flexibility index (Phi) is 8.64. The summed E-state index contributed by atoms with van der Waals surface area (Å²) in [6.45, 7) is 13.7. The fourth-order valence-corrected chi connectivity index (χ4v) is 5.82. The molecule has 0 aliphatic carbocycles. The van der Waals surface area contributed by atoms with E-state index in [0.717, 1.165) is 24.0 Å². The predicted molar refractivity (Wildman–Crippen MR) is 137 cm³/mol. The van der Waals surface area contributed by atoms with Crippen molar-refractivity contribution >= 4 is 15.9 Å². The van der Waals surface area contributed by atoms with Gasteiger partial charge in [0.2, 0.25) is 15.0 Å². The molecule has 2 heterocycles. The molecule has 1 atom stereocenters. The number of ether oxygens (including phenoxy) is 1. The van der Waals surface area contributed by atoms with E-state index >= 15 is 0 Å². The van der Waals surface area contributed by atoms with Crippen molar-refractivity contribution in [1.29, 1.82) is 0 Å². The number of aryl methyl sites for hydroxylation is 1. The molecule has 1 aliphatic heterocycles. The van der Waals surface area contributed by atoms with Gasteiger partial charge in [-0.25, -0.2) is 18.2 Å². The van der Waals surface area contributed by atoms with E-state index in [2.05, 4.69) is 10.3 Å². The normalized spacial score (nSPS) is 16.6. The van der Waals surface area contributed by atoms with E-state index in [1.165, 1.54) is 0 Å². The van der Waals surface area contributed by atoms with Crippen LogP contribution in [0.15, 0.2) is 35.6 Å². The van der Waals surface area contributed by atoms with Crippen molar-refractivity contribution in [1.82, 2.24) is 19.8 Å². The minimum absolute atomic E-state index is 0.0218. The van der Waals surface area contributed by atoms with Crippen LogP contribution < -0.4 is 5.32 Å². The average Bonchev–Trinajstić information content (AvgIpc) is 3.38. The van der Waals surface area contributed by atoms with Gasteiger partial charge in [0.1, 0.15) is 0 Å². The lowest BCUT2D eigenvalue weighted by Gasteiger charge is -2.30. The molecule has 1 saturated heterocycles. The van der Waals surface area contributed by atoms with Crippen LogP contribution in [0.25, 0.3) is 0 Å². The van der Waals surface area contributed by atoms with E-state index < -0.39 is 15.4 Å². The smallest absolute Gasteiger partial charge is 0.318 e. The Bertz CT molecular complexity index is 1110. The third kappa shape index (κ3) is 7.54. The van der Waals surface area contributed by atoms with Crippen molar-refractivity contribution in [2.24, 2.45) is 5.92 Å². The van der Waals surface area contributed by atoms with Gasteiger partial charge in [0, 0.05) is 25.2 Å². The lowest BCUT2D eigenvalue weighted by Crippen LogP contribution is -2.50. The Labute approximate surface area is 210 Å². The third-order valence-electron chi connectivity index (χ3n) is 5.90. The molecule has 0 unspecified atom stereocenters. The molecule has 0 saturated carbocycles. The highest BCUT2D eigenvalue weighted by Gasteiger charge is 2.29. The Balaban J connectivity index is 1.93. The van der Waals surface area contributed by atoms with E-state index in [-0.39, 0.29) is 35.5 Å². The summed E-state index contributed by atoms with van der Waals surface area (Å²) >= 11 is 0. The van der Waals surface area contributed by atoms with Crippen LogP contribution in [-0.2, 0) is 33.4 Å². The Morgan fingerprint density at radius 1 is 1.29 bits per heavy atom. The first-order chi connectivity index (χ1) is 16.4. The molecule has 0 bridgehead atoms. The van der Waals surface area contributed by atoms with Gasteiger partial charge in [-0.1, -0.05) is 38.1 Å². The fraction of sp³-hybridized carbons (Fsp3) is 0.615. The van der Waals surface area contributed by atoms with Gasteiger partial charge in [0.15, 0.2) is 0 Å². The monoisotopic (exact) mass is 504 g/mol. The molecule has 1 fully saturated rings. The maximum Gasteiger partial charge on any atom is 0.318 e. The van der Waals surface area contributed by atoms with Gasteiger partial charge in [-0.2, -0.15) is 0 Å². The van der Waals surface area contributed by atoms with Crippen LogP contribution in [0.4, 0.5) is 4.79 Å². The largest absolute Gasteiger partial charge is 0.376 e. The molecule has 1 aliphatic rings. The van der Waals surface area contributed by atoms with Gasteiger partial charge >= 0.3 is 6.03 Å². The third-order valence-corrected chi connectivity index (χ3v) is 7.48. The topological polar surface area (TPSA) is 93.5 Å². The summed E-state index contributed by atoms with van der Waals surface area (Å²) in [5, 5.41) is 3.09. The molecular weight excluding hydrogens is 464 g/mol. The number of hydrogen-bond donors (Lipinski definition) is 1. The van der Waals surface area contributed by atoms with Crippen LogP contribution in [0.5, 0.6) is 0 Å². The van der Waals surface area contributed by atoms with Crippen molar-refractivity contribution in [3.63, 3.8) is 0 Å². The quantitative estimate of drug-likeness (QED) is 0.549. The first-order valence-electron chi connectivity index (χ1n) is 12.4. The zero-order valence-electron chi connectivity index (χ0n) is 21.9. The highest BCUT2D eigenvalue weighted by Crippen LogP contribution is 2.23. The molecule has 2 aromatic rings. The van der Waals surface area contributed by atoms with Crippen molar-refractivity contribution in [2.45, 2.75) is 90.0 Å². The standard InChI is InChI=1S/C26H40N4O4S/c1-19(2)15-30-22(14-27-25(30)35(32,33)18-21-11-8-7-10-20(21)3)16-29(17-23-12-9-13-34-23)24(31)28-26(4,5)6/h7-8,10-11,14,19,23H,9,12-13,15-18H2,1-6H3,(H,28,31)/t23-/m0/s1. The molecule has 35 heavy (non-hydrogen) atoms. The summed E-state index contributed by atoms with van der Waals surface area (Å²) in [6, 6.07) is 7.29. The minimum Gasteiger partial charge on any atom is -0.376 e. The highest BCUT2D eigenvalue weighted by molar-refractivity contribution is 7.90. The van der Waals surface area contributed by atoms with Crippen LogP contribution in [0, 0.1) is 12.8 Å². The van der Waals surface area contributed by atoms with Crippen LogP contribution in [0.3, 0.4) is 0 Å². The van der Waals surface area contributed by atoms with Crippen LogP contribution >= 0.6 is 0 Å². The number of nitrogens with zero attached hydrogens (tertiary/aromatic N) is 3. The van der Waals surface area contributed by atoms with Crippen LogP contribution in [0.2, 0.25) is 0 Å².